The second kappa shape index (κ2) is 9.92. The molecule has 0 saturated carbocycles. The number of carbonyl (C=O) groups is 1. The number of amides is 1. The van der Waals surface area contributed by atoms with E-state index in [4.69, 9.17) is 0 Å². The summed E-state index contributed by atoms with van der Waals surface area (Å²) in [7, 11) is 0. The minimum absolute atomic E-state index is 0.0523. The second-order valence-electron chi connectivity index (χ2n) is 11.9. The van der Waals surface area contributed by atoms with Gasteiger partial charge in [-0.3, -0.25) is 4.79 Å². The van der Waals surface area contributed by atoms with Gasteiger partial charge >= 0.3 is 6.36 Å². The zero-order chi connectivity index (χ0) is 28.2. The van der Waals surface area contributed by atoms with Crippen LogP contribution in [0.1, 0.15) is 81.7 Å². The summed E-state index contributed by atoms with van der Waals surface area (Å²) in [6.07, 6.45) is -1.63. The van der Waals surface area contributed by atoms with Gasteiger partial charge in [0.2, 0.25) is 5.91 Å². The number of piperazine rings is 1. The van der Waals surface area contributed by atoms with E-state index in [0.717, 1.165) is 24.2 Å². The van der Waals surface area contributed by atoms with Crippen molar-refractivity contribution in [2.75, 3.05) is 31.1 Å². The number of anilines is 1. The Bertz CT molecular complexity index is 1210. The second-order valence-corrected chi connectivity index (χ2v) is 11.9. The third-order valence-electron chi connectivity index (χ3n) is 8.39. The Morgan fingerprint density at radius 3 is 2.36 bits per heavy atom. The highest BCUT2D eigenvalue weighted by Crippen LogP contribution is 2.44. The van der Waals surface area contributed by atoms with Crippen LogP contribution in [0.15, 0.2) is 30.6 Å². The number of nitrogens with one attached hydrogen (secondary N) is 1. The molecule has 2 saturated heterocycles. The average Bonchev–Trinajstić information content (AvgIpc) is 3.33. The Morgan fingerprint density at radius 2 is 1.77 bits per heavy atom. The number of hydrogen-bond donors (Lipinski definition) is 2. The Balaban J connectivity index is 1.37. The van der Waals surface area contributed by atoms with Gasteiger partial charge in [-0.2, -0.15) is 0 Å². The Kier molecular flexibility index (Phi) is 7.03. The van der Waals surface area contributed by atoms with Crippen molar-refractivity contribution >= 4 is 11.7 Å². The molecule has 1 amide bonds. The van der Waals surface area contributed by atoms with Gasteiger partial charge in [0.25, 0.3) is 0 Å². The van der Waals surface area contributed by atoms with Crippen LogP contribution in [0.3, 0.4) is 0 Å². The molecule has 0 unspecified atom stereocenters. The van der Waals surface area contributed by atoms with Crippen LogP contribution < -0.4 is 15.0 Å². The molecule has 0 bridgehead atoms. The zero-order valence-corrected chi connectivity index (χ0v) is 22.8. The van der Waals surface area contributed by atoms with E-state index in [1.165, 1.54) is 18.5 Å². The topological polar surface area (TPSA) is 90.8 Å². The normalized spacial score (nSPS) is 27.4. The molecule has 1 aromatic heterocycles. The number of halogens is 3. The summed E-state index contributed by atoms with van der Waals surface area (Å²) in [6.45, 7) is 10.4. The van der Waals surface area contributed by atoms with E-state index in [9.17, 15) is 23.1 Å². The van der Waals surface area contributed by atoms with Crippen molar-refractivity contribution in [1.29, 1.82) is 0 Å². The van der Waals surface area contributed by atoms with E-state index in [0.29, 0.717) is 43.9 Å². The molecule has 2 fully saturated rings. The molecule has 3 heterocycles. The fraction of sp³-hybridized carbons (Fsp3) is 0.607. The van der Waals surface area contributed by atoms with Gasteiger partial charge in [-0.1, -0.05) is 19.1 Å². The largest absolute Gasteiger partial charge is 0.573 e. The SMILES string of the molecule is C[C@@H]1C[C@@H](O)c2ncnc(N3CCN(C(=O)[C@@H](c4ccc(OC(F)(F)F)cc4)[C@]4(C)CCC(C)(C)N4)CC3)c21. The van der Waals surface area contributed by atoms with Crippen molar-refractivity contribution in [2.24, 2.45) is 0 Å². The molecule has 5 rings (SSSR count). The molecule has 0 spiro atoms. The van der Waals surface area contributed by atoms with Gasteiger partial charge in [0.1, 0.15) is 17.9 Å². The maximum absolute atomic E-state index is 14.1. The molecule has 2 N–H and O–H groups in total. The number of ether oxygens (including phenoxy) is 1. The van der Waals surface area contributed by atoms with E-state index < -0.39 is 23.9 Å². The monoisotopic (exact) mass is 547 g/mol. The molecule has 39 heavy (non-hydrogen) atoms. The molecule has 1 aromatic carbocycles. The predicted octanol–water partition coefficient (Wildman–Crippen LogP) is 4.27. The fourth-order valence-corrected chi connectivity index (χ4v) is 6.61. The number of benzene rings is 1. The van der Waals surface area contributed by atoms with Gasteiger partial charge in [-0.15, -0.1) is 13.2 Å². The summed E-state index contributed by atoms with van der Waals surface area (Å²) in [5, 5.41) is 14.0. The third-order valence-corrected chi connectivity index (χ3v) is 8.39. The third kappa shape index (κ3) is 5.56. The quantitative estimate of drug-likeness (QED) is 0.578. The average molecular weight is 548 g/mol. The summed E-state index contributed by atoms with van der Waals surface area (Å²) >= 11 is 0. The fourth-order valence-electron chi connectivity index (χ4n) is 6.61. The lowest BCUT2D eigenvalue weighted by Gasteiger charge is -2.42. The number of aromatic nitrogens is 2. The zero-order valence-electron chi connectivity index (χ0n) is 22.8. The molecule has 212 valence electrons. The van der Waals surface area contributed by atoms with Crippen LogP contribution in [0.2, 0.25) is 0 Å². The molecule has 0 radical (unpaired) electrons. The van der Waals surface area contributed by atoms with E-state index in [1.54, 1.807) is 12.1 Å². The maximum atomic E-state index is 14.1. The number of alkyl halides is 3. The molecule has 3 aliphatic rings. The molecule has 8 nitrogen and oxygen atoms in total. The van der Waals surface area contributed by atoms with E-state index >= 15 is 0 Å². The molecule has 1 aliphatic carbocycles. The first-order valence-corrected chi connectivity index (χ1v) is 13.5. The van der Waals surface area contributed by atoms with Crippen molar-refractivity contribution in [2.45, 2.75) is 82.3 Å². The lowest BCUT2D eigenvalue weighted by atomic mass is 9.78. The number of hydrogen-bond acceptors (Lipinski definition) is 7. The summed E-state index contributed by atoms with van der Waals surface area (Å²) in [5.74, 6) is 0.0239. The minimum Gasteiger partial charge on any atom is -0.406 e. The van der Waals surface area contributed by atoms with Gasteiger partial charge in [-0.05, 0) is 63.6 Å². The van der Waals surface area contributed by atoms with Crippen molar-refractivity contribution in [3.05, 3.63) is 47.4 Å². The van der Waals surface area contributed by atoms with Crippen LogP contribution in [-0.4, -0.2) is 69.5 Å². The molecular formula is C28H36F3N5O3. The minimum atomic E-state index is -4.78. The smallest absolute Gasteiger partial charge is 0.406 e. The van der Waals surface area contributed by atoms with Crippen molar-refractivity contribution in [1.82, 2.24) is 20.2 Å². The lowest BCUT2D eigenvalue weighted by Crippen LogP contribution is -2.57. The van der Waals surface area contributed by atoms with Gasteiger partial charge in [0, 0.05) is 42.8 Å². The van der Waals surface area contributed by atoms with Gasteiger partial charge in [0.15, 0.2) is 0 Å². The summed E-state index contributed by atoms with van der Waals surface area (Å²) < 4.78 is 42.2. The summed E-state index contributed by atoms with van der Waals surface area (Å²) in [4.78, 5) is 27.0. The first-order valence-electron chi connectivity index (χ1n) is 13.5. The lowest BCUT2D eigenvalue weighted by molar-refractivity contribution is -0.274. The van der Waals surface area contributed by atoms with Gasteiger partial charge in [0.05, 0.1) is 17.7 Å². The molecule has 2 aliphatic heterocycles. The number of rotatable bonds is 5. The predicted molar refractivity (Wildman–Crippen MR) is 140 cm³/mol. The molecule has 11 heteroatoms. The molecule has 2 aromatic rings. The molecular weight excluding hydrogens is 511 g/mol. The van der Waals surface area contributed by atoms with Crippen LogP contribution in [0, 0.1) is 0 Å². The number of carbonyl (C=O) groups excluding carboxylic acids is 1. The number of fused-ring (bicyclic) bond motifs is 1. The highest BCUT2D eigenvalue weighted by molar-refractivity contribution is 5.86. The van der Waals surface area contributed by atoms with E-state index in [1.807, 2.05) is 11.8 Å². The summed E-state index contributed by atoms with van der Waals surface area (Å²) in [5.41, 5.74) is 1.59. The Hall–Kier alpha value is -2.92. The number of aliphatic hydroxyl groups excluding tert-OH is 1. The van der Waals surface area contributed by atoms with E-state index in [2.05, 4.69) is 45.7 Å². The van der Waals surface area contributed by atoms with E-state index in [-0.39, 0.29) is 23.1 Å². The van der Waals surface area contributed by atoms with Crippen LogP contribution in [0.25, 0.3) is 0 Å². The first kappa shape index (κ1) is 27.6. The van der Waals surface area contributed by atoms with Gasteiger partial charge < -0.3 is 25.0 Å². The van der Waals surface area contributed by atoms with Crippen molar-refractivity contribution in [3.8, 4) is 5.75 Å². The Labute approximate surface area is 226 Å². The number of nitrogens with zero attached hydrogens (tertiary/aromatic N) is 4. The highest BCUT2D eigenvalue weighted by atomic mass is 19.4. The highest BCUT2D eigenvalue weighted by Gasteiger charge is 2.49. The number of aliphatic hydroxyl groups is 1. The van der Waals surface area contributed by atoms with Gasteiger partial charge in [-0.25, -0.2) is 9.97 Å². The first-order chi connectivity index (χ1) is 18.3. The maximum Gasteiger partial charge on any atom is 0.573 e. The standard InChI is InChI=1S/C28H36F3N5O3/c1-17-15-20(37)23-21(17)24(33-16-32-23)35-11-13-36(14-12-35)25(38)22(27(4)10-9-26(2,3)34-27)18-5-7-19(8-6-18)39-28(29,30)31/h5-8,16-17,20,22,34,37H,9-15H2,1-4H3/t17-,20-,22-,27+/m1/s1. The van der Waals surface area contributed by atoms with Crippen LogP contribution in [-0.2, 0) is 4.79 Å². The van der Waals surface area contributed by atoms with Crippen molar-refractivity contribution in [3.63, 3.8) is 0 Å². The van der Waals surface area contributed by atoms with Crippen LogP contribution >= 0.6 is 0 Å². The van der Waals surface area contributed by atoms with Crippen molar-refractivity contribution < 1.29 is 27.8 Å². The molecule has 4 atom stereocenters. The Morgan fingerprint density at radius 1 is 1.10 bits per heavy atom. The summed E-state index contributed by atoms with van der Waals surface area (Å²) in [6, 6.07) is 5.68. The van der Waals surface area contributed by atoms with Crippen LogP contribution in [0.4, 0.5) is 19.0 Å². The van der Waals surface area contributed by atoms with Crippen LogP contribution in [0.5, 0.6) is 5.75 Å².